The Bertz CT molecular complexity index is 943. The summed E-state index contributed by atoms with van der Waals surface area (Å²) in [5, 5.41) is 10.5. The third-order valence-electron chi connectivity index (χ3n) is 6.05. The van der Waals surface area contributed by atoms with E-state index >= 15 is 0 Å². The van der Waals surface area contributed by atoms with Gasteiger partial charge in [-0.2, -0.15) is 0 Å². The number of methoxy groups -OCH3 is 2. The predicted octanol–water partition coefficient (Wildman–Crippen LogP) is 3.12. The lowest BCUT2D eigenvalue weighted by Gasteiger charge is -2.37. The largest absolute Gasteiger partial charge is 0.497 e. The van der Waals surface area contributed by atoms with Crippen molar-refractivity contribution in [2.24, 2.45) is 0 Å². The first-order chi connectivity index (χ1) is 15.6. The summed E-state index contributed by atoms with van der Waals surface area (Å²) in [7, 11) is 5.28. The molecule has 1 aliphatic heterocycles. The molecule has 0 aliphatic carbocycles. The van der Waals surface area contributed by atoms with Gasteiger partial charge in [-0.1, -0.05) is 54.6 Å². The molecule has 0 spiro atoms. The van der Waals surface area contributed by atoms with Gasteiger partial charge in [-0.15, -0.1) is 0 Å². The summed E-state index contributed by atoms with van der Waals surface area (Å²) in [6.07, 6.45) is -0.327. The second kappa shape index (κ2) is 9.78. The Balaban J connectivity index is 1.84. The molecule has 4 rings (SSSR count). The van der Waals surface area contributed by atoms with Gasteiger partial charge in [0.1, 0.15) is 31.1 Å². The molecule has 32 heavy (non-hydrogen) atoms. The van der Waals surface area contributed by atoms with Gasteiger partial charge in [0.05, 0.1) is 26.9 Å². The minimum absolute atomic E-state index is 0.00620. The van der Waals surface area contributed by atoms with E-state index in [9.17, 15) is 5.11 Å². The summed E-state index contributed by atoms with van der Waals surface area (Å²) in [5.41, 5.74) is 1.98. The van der Waals surface area contributed by atoms with E-state index in [1.807, 2.05) is 74.6 Å². The zero-order chi connectivity index (χ0) is 22.6. The minimum atomic E-state index is -0.908. The summed E-state index contributed by atoms with van der Waals surface area (Å²) >= 11 is 0. The summed E-state index contributed by atoms with van der Waals surface area (Å²) in [4.78, 5) is 0. The highest BCUT2D eigenvalue weighted by atomic mass is 16.6. The number of hydrogen-bond donors (Lipinski definition) is 1. The molecule has 0 saturated carbocycles. The van der Waals surface area contributed by atoms with Gasteiger partial charge in [0.25, 0.3) is 0 Å². The van der Waals surface area contributed by atoms with E-state index in [1.165, 1.54) is 0 Å². The van der Waals surface area contributed by atoms with E-state index in [4.69, 9.17) is 18.9 Å². The first-order valence-electron chi connectivity index (χ1n) is 10.9. The first-order valence-corrected chi connectivity index (χ1v) is 10.9. The van der Waals surface area contributed by atoms with Crippen molar-refractivity contribution in [2.75, 3.05) is 20.8 Å². The Kier molecular flexibility index (Phi) is 6.84. The molecule has 0 unspecified atom stereocenters. The van der Waals surface area contributed by atoms with E-state index in [1.54, 1.807) is 14.2 Å². The maximum absolute atomic E-state index is 10.5. The van der Waals surface area contributed by atoms with Crippen LogP contribution in [0.4, 0.5) is 0 Å². The van der Waals surface area contributed by atoms with Gasteiger partial charge in [0.15, 0.2) is 0 Å². The van der Waals surface area contributed by atoms with Crippen LogP contribution in [0.3, 0.4) is 0 Å². The predicted molar refractivity (Wildman–Crippen MR) is 126 cm³/mol. The van der Waals surface area contributed by atoms with Crippen LogP contribution in [0.25, 0.3) is 0 Å². The molecule has 3 aromatic rings. The van der Waals surface area contributed by atoms with Gasteiger partial charge in [0, 0.05) is 6.00 Å². The SMILES string of the molecule is B[C@H]1C[C@@H](O)[C@@H](COC(c2ccccc2)(c2ccc(OC)cc2)c2ccc(OC)cc2)O1. The third-order valence-corrected chi connectivity index (χ3v) is 6.05. The molecule has 1 N–H and O–H groups in total. The number of aliphatic hydroxyl groups excluding tert-OH is 1. The third kappa shape index (κ3) is 4.39. The van der Waals surface area contributed by atoms with E-state index in [0.717, 1.165) is 28.2 Å². The molecule has 3 atom stereocenters. The molecule has 5 nitrogen and oxygen atoms in total. The van der Waals surface area contributed by atoms with Gasteiger partial charge in [-0.25, -0.2) is 0 Å². The maximum Gasteiger partial charge on any atom is 0.143 e. The van der Waals surface area contributed by atoms with Crippen LogP contribution in [-0.4, -0.2) is 52.0 Å². The number of benzene rings is 3. The topological polar surface area (TPSA) is 57.2 Å². The number of hydrogen-bond acceptors (Lipinski definition) is 5. The van der Waals surface area contributed by atoms with Crippen LogP contribution in [0.15, 0.2) is 78.9 Å². The smallest absolute Gasteiger partial charge is 0.143 e. The number of rotatable bonds is 8. The molecular formula is C26H29BO5. The molecule has 0 radical (unpaired) electrons. The summed E-state index contributed by atoms with van der Waals surface area (Å²) in [6, 6.07) is 25.9. The molecule has 166 valence electrons. The van der Waals surface area contributed by atoms with Gasteiger partial charge < -0.3 is 24.1 Å². The fraction of sp³-hybridized carbons (Fsp3) is 0.308. The second-order valence-corrected chi connectivity index (χ2v) is 8.10. The highest BCUT2D eigenvalue weighted by molar-refractivity contribution is 6.11. The highest BCUT2D eigenvalue weighted by Crippen LogP contribution is 2.42. The Labute approximate surface area is 190 Å². The molecule has 6 heteroatoms. The first kappa shape index (κ1) is 22.4. The normalized spacial score (nSPS) is 20.8. The van der Waals surface area contributed by atoms with Crippen LogP contribution in [0.5, 0.6) is 11.5 Å². The molecule has 0 bridgehead atoms. The summed E-state index contributed by atoms with van der Waals surface area (Å²) in [5.74, 6) is 1.54. The van der Waals surface area contributed by atoms with Crippen molar-refractivity contribution in [3.63, 3.8) is 0 Å². The van der Waals surface area contributed by atoms with Gasteiger partial charge in [-0.3, -0.25) is 0 Å². The van der Waals surface area contributed by atoms with Crippen LogP contribution >= 0.6 is 0 Å². The second-order valence-electron chi connectivity index (χ2n) is 8.10. The van der Waals surface area contributed by atoms with Crippen molar-refractivity contribution in [2.45, 2.75) is 30.2 Å². The van der Waals surface area contributed by atoms with Crippen molar-refractivity contribution in [3.8, 4) is 11.5 Å². The molecule has 1 heterocycles. The van der Waals surface area contributed by atoms with E-state index < -0.39 is 11.7 Å². The lowest BCUT2D eigenvalue weighted by Crippen LogP contribution is -2.38. The van der Waals surface area contributed by atoms with Gasteiger partial charge in [0.2, 0.25) is 0 Å². The van der Waals surface area contributed by atoms with Crippen molar-refractivity contribution in [3.05, 3.63) is 95.6 Å². The van der Waals surface area contributed by atoms with E-state index in [-0.39, 0.29) is 18.7 Å². The Morgan fingerprint density at radius 2 is 1.34 bits per heavy atom. The van der Waals surface area contributed by atoms with Crippen molar-refractivity contribution < 1.29 is 24.1 Å². The Morgan fingerprint density at radius 3 is 1.78 bits per heavy atom. The number of ether oxygens (including phenoxy) is 4. The minimum Gasteiger partial charge on any atom is -0.497 e. The molecule has 1 fully saturated rings. The maximum atomic E-state index is 10.5. The zero-order valence-corrected chi connectivity index (χ0v) is 18.7. The lowest BCUT2D eigenvalue weighted by molar-refractivity contribution is -0.0737. The standard InChI is InChI=1S/C26H29BO5/c1-29-21-12-8-19(9-13-21)26(18-6-4-3-5-7-18,20-10-14-22(30-2)15-11-20)31-17-24-23(28)16-25(27)32-24/h3-15,23-25,28H,16-17,27H2,1-2H3/t23-,24-,25-/m1/s1. The van der Waals surface area contributed by atoms with Crippen molar-refractivity contribution in [1.82, 2.24) is 0 Å². The van der Waals surface area contributed by atoms with Crippen LogP contribution in [-0.2, 0) is 15.1 Å². The van der Waals surface area contributed by atoms with Crippen LogP contribution in [0.1, 0.15) is 23.1 Å². The molecule has 1 saturated heterocycles. The monoisotopic (exact) mass is 432 g/mol. The zero-order valence-electron chi connectivity index (χ0n) is 18.7. The summed E-state index contributed by atoms with van der Waals surface area (Å²) < 4.78 is 23.5. The van der Waals surface area contributed by atoms with Gasteiger partial charge in [-0.05, 0) is 47.4 Å². The Hall–Kier alpha value is -2.80. The molecule has 1 aliphatic rings. The van der Waals surface area contributed by atoms with E-state index in [0.29, 0.717) is 6.42 Å². The van der Waals surface area contributed by atoms with Crippen LogP contribution in [0.2, 0.25) is 0 Å². The van der Waals surface area contributed by atoms with Crippen LogP contribution in [0, 0.1) is 0 Å². The molecule has 3 aromatic carbocycles. The van der Waals surface area contributed by atoms with E-state index in [2.05, 4.69) is 12.1 Å². The van der Waals surface area contributed by atoms with Crippen LogP contribution < -0.4 is 9.47 Å². The molecular weight excluding hydrogens is 403 g/mol. The van der Waals surface area contributed by atoms with Crippen molar-refractivity contribution in [1.29, 1.82) is 0 Å². The highest BCUT2D eigenvalue weighted by Gasteiger charge is 2.40. The average molecular weight is 432 g/mol. The number of aliphatic hydroxyl groups is 1. The summed E-state index contributed by atoms with van der Waals surface area (Å²) in [6.45, 7) is 0.248. The average Bonchev–Trinajstić information content (AvgIpc) is 3.17. The quantitative estimate of drug-likeness (QED) is 0.438. The fourth-order valence-electron chi connectivity index (χ4n) is 4.37. The van der Waals surface area contributed by atoms with Gasteiger partial charge >= 0.3 is 0 Å². The van der Waals surface area contributed by atoms with Crippen molar-refractivity contribution >= 4 is 7.85 Å². The lowest BCUT2D eigenvalue weighted by atomic mass is 9.80. The fourth-order valence-corrected chi connectivity index (χ4v) is 4.37. The molecule has 0 aromatic heterocycles. The molecule has 0 amide bonds. The Morgan fingerprint density at radius 1 is 0.844 bits per heavy atom.